The molecule has 8 nitrogen and oxygen atoms in total. The van der Waals surface area contributed by atoms with Gasteiger partial charge in [-0.3, -0.25) is 19.6 Å². The number of aryl methyl sites for hydroxylation is 1. The van der Waals surface area contributed by atoms with Crippen LogP contribution in [0.5, 0.6) is 5.75 Å². The summed E-state index contributed by atoms with van der Waals surface area (Å²) in [4.78, 5) is 22.6. The molecule has 3 rings (SSSR count). The van der Waals surface area contributed by atoms with Crippen LogP contribution in [0.4, 0.5) is 5.69 Å². The topological polar surface area (TPSA) is 99.3 Å². The van der Waals surface area contributed by atoms with Gasteiger partial charge in [-0.05, 0) is 45.8 Å². The number of nitro benzene ring substituents is 1. The number of nitrogens with zero attached hydrogens (tertiary/aromatic N) is 3. The number of ether oxygens (including phenoxy) is 1. The van der Waals surface area contributed by atoms with Crippen LogP contribution in [0.3, 0.4) is 0 Å². The number of carbonyl (C=O) groups is 1. The second-order valence-corrected chi connectivity index (χ2v) is 6.84. The summed E-state index contributed by atoms with van der Waals surface area (Å²) in [5.41, 5.74) is 2.20. The summed E-state index contributed by atoms with van der Waals surface area (Å²) >= 11 is 3.40. The summed E-state index contributed by atoms with van der Waals surface area (Å²) in [6, 6.07) is 13.0. The van der Waals surface area contributed by atoms with Gasteiger partial charge in [0.15, 0.2) is 0 Å². The lowest BCUT2D eigenvalue weighted by Crippen LogP contribution is -2.24. The summed E-state index contributed by atoms with van der Waals surface area (Å²) in [5.74, 6) is 0.312. The van der Waals surface area contributed by atoms with E-state index in [1.165, 1.54) is 12.1 Å². The van der Waals surface area contributed by atoms with E-state index in [0.717, 1.165) is 15.7 Å². The highest BCUT2D eigenvalue weighted by Gasteiger charge is 2.11. The third-order valence-electron chi connectivity index (χ3n) is 4.07. The molecule has 1 heterocycles. The summed E-state index contributed by atoms with van der Waals surface area (Å²) in [7, 11) is 1.81. The molecule has 1 N–H and O–H groups in total. The first kappa shape index (κ1) is 19.6. The van der Waals surface area contributed by atoms with E-state index in [9.17, 15) is 14.9 Å². The summed E-state index contributed by atoms with van der Waals surface area (Å²) in [6.45, 7) is 0.589. The van der Waals surface area contributed by atoms with Crippen molar-refractivity contribution in [2.75, 3.05) is 0 Å². The molecule has 0 spiro atoms. The van der Waals surface area contributed by atoms with E-state index in [1.807, 2.05) is 13.1 Å². The molecule has 1 amide bonds. The smallest absolute Gasteiger partial charge is 0.269 e. The molecule has 144 valence electrons. The minimum absolute atomic E-state index is 0.00563. The predicted octanol–water partition coefficient (Wildman–Crippen LogP) is 3.60. The standard InChI is InChI=1S/C19H17BrN4O4/c1-23-18(17(20)10-22-23)11-21-19(25)14-4-2-3-13(9-14)12-28-16-7-5-15(6-8-16)24(26)27/h2-10H,11-12H2,1H3,(H,21,25). The number of carbonyl (C=O) groups excluding carboxylic acids is 1. The molecule has 0 saturated heterocycles. The quantitative estimate of drug-likeness (QED) is 0.443. The van der Waals surface area contributed by atoms with Gasteiger partial charge in [-0.15, -0.1) is 0 Å². The average molecular weight is 445 g/mol. The summed E-state index contributed by atoms with van der Waals surface area (Å²) in [6.07, 6.45) is 1.68. The predicted molar refractivity (Wildman–Crippen MR) is 106 cm³/mol. The number of hydrogen-bond donors (Lipinski definition) is 1. The number of aromatic nitrogens is 2. The van der Waals surface area contributed by atoms with Crippen LogP contribution < -0.4 is 10.1 Å². The van der Waals surface area contributed by atoms with Crippen molar-refractivity contribution in [1.82, 2.24) is 15.1 Å². The minimum atomic E-state index is -0.462. The van der Waals surface area contributed by atoms with Crippen molar-refractivity contribution in [3.05, 3.63) is 86.1 Å². The maximum absolute atomic E-state index is 12.4. The van der Waals surface area contributed by atoms with Gasteiger partial charge in [-0.1, -0.05) is 12.1 Å². The van der Waals surface area contributed by atoms with E-state index in [1.54, 1.807) is 41.2 Å². The van der Waals surface area contributed by atoms with Crippen molar-refractivity contribution < 1.29 is 14.5 Å². The first-order valence-electron chi connectivity index (χ1n) is 8.35. The van der Waals surface area contributed by atoms with E-state index in [0.29, 0.717) is 17.9 Å². The Bertz CT molecular complexity index is 982. The Hall–Kier alpha value is -3.20. The zero-order valence-electron chi connectivity index (χ0n) is 15.0. The molecule has 2 aromatic carbocycles. The van der Waals surface area contributed by atoms with Gasteiger partial charge in [-0.25, -0.2) is 0 Å². The van der Waals surface area contributed by atoms with Crippen LogP contribution >= 0.6 is 15.9 Å². The normalized spacial score (nSPS) is 10.5. The average Bonchev–Trinajstić information content (AvgIpc) is 3.02. The van der Waals surface area contributed by atoms with Crippen LogP contribution in [0.2, 0.25) is 0 Å². The van der Waals surface area contributed by atoms with E-state index in [2.05, 4.69) is 26.3 Å². The number of halogens is 1. The highest BCUT2D eigenvalue weighted by molar-refractivity contribution is 9.10. The molecule has 1 aromatic heterocycles. The molecule has 0 bridgehead atoms. The number of nitrogens with one attached hydrogen (secondary N) is 1. The fourth-order valence-corrected chi connectivity index (χ4v) is 3.02. The fourth-order valence-electron chi connectivity index (χ4n) is 2.53. The zero-order valence-corrected chi connectivity index (χ0v) is 16.5. The van der Waals surface area contributed by atoms with Gasteiger partial charge in [0.2, 0.25) is 0 Å². The van der Waals surface area contributed by atoms with Crippen LogP contribution in [0.15, 0.2) is 59.2 Å². The molecule has 28 heavy (non-hydrogen) atoms. The number of amides is 1. The Labute approximate surface area is 169 Å². The van der Waals surface area contributed by atoms with Crippen LogP contribution in [0.25, 0.3) is 0 Å². The fraction of sp³-hybridized carbons (Fsp3) is 0.158. The van der Waals surface area contributed by atoms with Crippen molar-refractivity contribution in [2.45, 2.75) is 13.2 Å². The monoisotopic (exact) mass is 444 g/mol. The lowest BCUT2D eigenvalue weighted by atomic mass is 10.1. The number of rotatable bonds is 7. The van der Waals surface area contributed by atoms with E-state index >= 15 is 0 Å². The minimum Gasteiger partial charge on any atom is -0.489 e. The largest absolute Gasteiger partial charge is 0.489 e. The first-order chi connectivity index (χ1) is 13.4. The second-order valence-electron chi connectivity index (χ2n) is 5.99. The lowest BCUT2D eigenvalue weighted by molar-refractivity contribution is -0.384. The van der Waals surface area contributed by atoms with Crippen LogP contribution in [0.1, 0.15) is 21.6 Å². The maximum atomic E-state index is 12.4. The Balaban J connectivity index is 1.60. The number of non-ortho nitro benzene ring substituents is 1. The molecule has 0 aliphatic heterocycles. The Kier molecular flexibility index (Phi) is 6.05. The molecule has 0 radical (unpaired) electrons. The molecule has 0 saturated carbocycles. The Morgan fingerprint density at radius 1 is 1.29 bits per heavy atom. The van der Waals surface area contributed by atoms with Gasteiger partial charge in [0.05, 0.1) is 27.8 Å². The maximum Gasteiger partial charge on any atom is 0.269 e. The van der Waals surface area contributed by atoms with Gasteiger partial charge in [0.25, 0.3) is 11.6 Å². The molecular formula is C19H17BrN4O4. The SMILES string of the molecule is Cn1ncc(Br)c1CNC(=O)c1cccc(COc2ccc([N+](=O)[O-])cc2)c1. The lowest BCUT2D eigenvalue weighted by Gasteiger charge is -2.09. The highest BCUT2D eigenvalue weighted by atomic mass is 79.9. The van der Waals surface area contributed by atoms with Crippen LogP contribution in [0, 0.1) is 10.1 Å². The van der Waals surface area contributed by atoms with Crippen molar-refractivity contribution in [3.8, 4) is 5.75 Å². The summed E-state index contributed by atoms with van der Waals surface area (Å²) in [5, 5.41) is 17.7. The summed E-state index contributed by atoms with van der Waals surface area (Å²) < 4.78 is 8.17. The third kappa shape index (κ3) is 4.74. The molecule has 0 unspecified atom stereocenters. The van der Waals surface area contributed by atoms with Crippen LogP contribution in [-0.4, -0.2) is 20.6 Å². The highest BCUT2D eigenvalue weighted by Crippen LogP contribution is 2.19. The van der Waals surface area contributed by atoms with Crippen molar-refractivity contribution in [2.24, 2.45) is 7.05 Å². The van der Waals surface area contributed by atoms with Crippen LogP contribution in [-0.2, 0) is 20.2 Å². The van der Waals surface area contributed by atoms with Crippen molar-refractivity contribution >= 4 is 27.5 Å². The van der Waals surface area contributed by atoms with E-state index < -0.39 is 4.92 Å². The van der Waals surface area contributed by atoms with E-state index in [-0.39, 0.29) is 18.2 Å². The molecular weight excluding hydrogens is 428 g/mol. The van der Waals surface area contributed by atoms with Gasteiger partial charge in [0, 0.05) is 24.7 Å². The first-order valence-corrected chi connectivity index (χ1v) is 9.14. The number of hydrogen-bond acceptors (Lipinski definition) is 5. The number of benzene rings is 2. The van der Waals surface area contributed by atoms with Gasteiger partial charge in [-0.2, -0.15) is 5.10 Å². The second kappa shape index (κ2) is 8.66. The van der Waals surface area contributed by atoms with Crippen molar-refractivity contribution in [3.63, 3.8) is 0 Å². The van der Waals surface area contributed by atoms with E-state index in [4.69, 9.17) is 4.74 Å². The third-order valence-corrected chi connectivity index (χ3v) is 4.73. The molecule has 0 aliphatic carbocycles. The van der Waals surface area contributed by atoms with Gasteiger partial charge >= 0.3 is 0 Å². The molecule has 9 heteroatoms. The number of nitro groups is 1. The molecule has 3 aromatic rings. The Morgan fingerprint density at radius 2 is 2.04 bits per heavy atom. The molecule has 0 aliphatic rings. The van der Waals surface area contributed by atoms with Gasteiger partial charge < -0.3 is 10.1 Å². The van der Waals surface area contributed by atoms with Crippen molar-refractivity contribution in [1.29, 1.82) is 0 Å². The Morgan fingerprint density at radius 3 is 2.68 bits per heavy atom. The zero-order chi connectivity index (χ0) is 20.1. The molecule has 0 atom stereocenters. The molecule has 0 fully saturated rings. The van der Waals surface area contributed by atoms with Gasteiger partial charge in [0.1, 0.15) is 12.4 Å².